The summed E-state index contributed by atoms with van der Waals surface area (Å²) in [7, 11) is 0. The molecule has 0 bridgehead atoms. The molecule has 1 atom stereocenters. The molecule has 3 aromatic rings. The lowest BCUT2D eigenvalue weighted by molar-refractivity contribution is 0.170. The van der Waals surface area contributed by atoms with Crippen molar-refractivity contribution in [2.75, 3.05) is 0 Å². The molecule has 0 saturated heterocycles. The number of aliphatic hydroxyl groups is 1. The normalized spacial score (nSPS) is 12.3. The van der Waals surface area contributed by atoms with Gasteiger partial charge in [0.05, 0.1) is 4.47 Å². The maximum absolute atomic E-state index is 13.2. The fraction of sp³-hybridized carbons (Fsp3) is 0.0667. The lowest BCUT2D eigenvalue weighted by Crippen LogP contribution is -1.99. The molecule has 1 heterocycles. The molecule has 0 aliphatic rings. The first kappa shape index (κ1) is 13.9. The molecule has 6 heteroatoms. The van der Waals surface area contributed by atoms with Crippen molar-refractivity contribution >= 4 is 15.9 Å². The number of aliphatic hydroxyl groups excluding tert-OH is 1. The van der Waals surface area contributed by atoms with Gasteiger partial charge >= 0.3 is 0 Å². The highest BCUT2D eigenvalue weighted by atomic mass is 79.9. The van der Waals surface area contributed by atoms with Crippen molar-refractivity contribution in [2.24, 2.45) is 0 Å². The van der Waals surface area contributed by atoms with Crippen LogP contribution in [0.2, 0.25) is 0 Å². The van der Waals surface area contributed by atoms with Crippen LogP contribution in [0.4, 0.5) is 4.39 Å². The second-order valence-corrected chi connectivity index (χ2v) is 5.25. The van der Waals surface area contributed by atoms with Crippen molar-refractivity contribution in [3.8, 4) is 11.4 Å². The van der Waals surface area contributed by atoms with E-state index >= 15 is 0 Å². The van der Waals surface area contributed by atoms with Gasteiger partial charge in [0.15, 0.2) is 6.10 Å². The van der Waals surface area contributed by atoms with E-state index in [1.54, 1.807) is 24.3 Å². The van der Waals surface area contributed by atoms with Gasteiger partial charge in [0.2, 0.25) is 5.82 Å². The summed E-state index contributed by atoms with van der Waals surface area (Å²) in [4.78, 5) is 4.16. The minimum atomic E-state index is -0.990. The van der Waals surface area contributed by atoms with Crippen molar-refractivity contribution in [3.63, 3.8) is 0 Å². The molecule has 2 aromatic carbocycles. The monoisotopic (exact) mass is 348 g/mol. The van der Waals surface area contributed by atoms with Gasteiger partial charge in [-0.05, 0) is 39.7 Å². The predicted molar refractivity (Wildman–Crippen MR) is 77.9 cm³/mol. The Kier molecular flexibility index (Phi) is 3.81. The van der Waals surface area contributed by atoms with Gasteiger partial charge in [-0.3, -0.25) is 0 Å². The number of hydrogen-bond donors (Lipinski definition) is 1. The minimum absolute atomic E-state index is 0.0941. The fourth-order valence-corrected chi connectivity index (χ4v) is 2.26. The van der Waals surface area contributed by atoms with Crippen LogP contribution < -0.4 is 0 Å². The van der Waals surface area contributed by atoms with Crippen molar-refractivity contribution in [1.29, 1.82) is 0 Å². The van der Waals surface area contributed by atoms with Gasteiger partial charge in [0, 0.05) is 5.56 Å². The van der Waals surface area contributed by atoms with Crippen LogP contribution in [0.3, 0.4) is 0 Å². The van der Waals surface area contributed by atoms with E-state index in [9.17, 15) is 9.50 Å². The van der Waals surface area contributed by atoms with Crippen LogP contribution in [0.25, 0.3) is 11.4 Å². The summed E-state index contributed by atoms with van der Waals surface area (Å²) < 4.78 is 18.6. The summed E-state index contributed by atoms with van der Waals surface area (Å²) in [5.41, 5.74) is 1.26. The second kappa shape index (κ2) is 5.75. The number of nitrogens with zero attached hydrogens (tertiary/aromatic N) is 2. The first-order valence-corrected chi connectivity index (χ1v) is 6.96. The molecular weight excluding hydrogens is 339 g/mol. The Morgan fingerprint density at radius 3 is 2.62 bits per heavy atom. The molecule has 0 radical (unpaired) electrons. The van der Waals surface area contributed by atoms with E-state index in [0.717, 1.165) is 0 Å². The standard InChI is InChI=1S/C15H10BrFN2O2/c16-11-8-10(6-7-12(11)17)14-18-15(21-19-14)13(20)9-4-2-1-3-5-9/h1-8,13,20H. The van der Waals surface area contributed by atoms with Crippen LogP contribution in [-0.4, -0.2) is 15.2 Å². The number of rotatable bonds is 3. The van der Waals surface area contributed by atoms with Gasteiger partial charge in [-0.25, -0.2) is 4.39 Å². The molecule has 0 aliphatic heterocycles. The Bertz CT molecular complexity index is 761. The summed E-state index contributed by atoms with van der Waals surface area (Å²) >= 11 is 3.11. The Hall–Kier alpha value is -2.05. The average molecular weight is 349 g/mol. The Morgan fingerprint density at radius 2 is 1.90 bits per heavy atom. The summed E-state index contributed by atoms with van der Waals surface area (Å²) in [5, 5.41) is 14.0. The fourth-order valence-electron chi connectivity index (χ4n) is 1.88. The van der Waals surface area contributed by atoms with Gasteiger partial charge in [0.1, 0.15) is 5.82 Å². The van der Waals surface area contributed by atoms with Crippen molar-refractivity contribution < 1.29 is 14.0 Å². The molecule has 1 aromatic heterocycles. The molecule has 0 fully saturated rings. The van der Waals surface area contributed by atoms with E-state index in [1.807, 2.05) is 18.2 Å². The van der Waals surface area contributed by atoms with Crippen LogP contribution in [0.1, 0.15) is 17.6 Å². The molecule has 1 unspecified atom stereocenters. The minimum Gasteiger partial charge on any atom is -0.378 e. The molecule has 4 nitrogen and oxygen atoms in total. The van der Waals surface area contributed by atoms with Crippen LogP contribution in [0.15, 0.2) is 57.5 Å². The number of aromatic nitrogens is 2. The van der Waals surface area contributed by atoms with Crippen LogP contribution in [0, 0.1) is 5.82 Å². The predicted octanol–water partition coefficient (Wildman–Crippen LogP) is 3.72. The summed E-state index contributed by atoms with van der Waals surface area (Å²) in [6.45, 7) is 0. The molecule has 0 spiro atoms. The number of halogens is 2. The maximum atomic E-state index is 13.2. The zero-order valence-electron chi connectivity index (χ0n) is 10.7. The summed E-state index contributed by atoms with van der Waals surface area (Å²) in [6, 6.07) is 13.4. The summed E-state index contributed by atoms with van der Waals surface area (Å²) in [5.74, 6) is 0.0177. The van der Waals surface area contributed by atoms with Gasteiger partial charge < -0.3 is 9.63 Å². The van der Waals surface area contributed by atoms with Crippen molar-refractivity contribution in [2.45, 2.75) is 6.10 Å². The van der Waals surface area contributed by atoms with Gasteiger partial charge in [-0.1, -0.05) is 35.5 Å². The first-order valence-electron chi connectivity index (χ1n) is 6.17. The Labute approximate surface area is 128 Å². The number of benzene rings is 2. The van der Waals surface area contributed by atoms with Crippen molar-refractivity contribution in [1.82, 2.24) is 10.1 Å². The van der Waals surface area contributed by atoms with E-state index in [-0.39, 0.29) is 11.7 Å². The van der Waals surface area contributed by atoms with E-state index in [0.29, 0.717) is 21.4 Å². The highest BCUT2D eigenvalue weighted by molar-refractivity contribution is 9.10. The van der Waals surface area contributed by atoms with E-state index in [1.165, 1.54) is 6.07 Å². The van der Waals surface area contributed by atoms with Crippen molar-refractivity contribution in [3.05, 3.63) is 70.3 Å². The maximum Gasteiger partial charge on any atom is 0.260 e. The molecule has 0 amide bonds. The van der Waals surface area contributed by atoms with E-state index in [2.05, 4.69) is 26.1 Å². The van der Waals surface area contributed by atoms with Crippen LogP contribution in [0.5, 0.6) is 0 Å². The highest BCUT2D eigenvalue weighted by Gasteiger charge is 2.19. The molecule has 0 saturated carbocycles. The van der Waals surface area contributed by atoms with Crippen LogP contribution >= 0.6 is 15.9 Å². The first-order chi connectivity index (χ1) is 10.1. The van der Waals surface area contributed by atoms with Gasteiger partial charge in [0.25, 0.3) is 5.89 Å². The quantitative estimate of drug-likeness (QED) is 0.783. The van der Waals surface area contributed by atoms with Gasteiger partial charge in [-0.15, -0.1) is 0 Å². The van der Waals surface area contributed by atoms with E-state index < -0.39 is 6.10 Å². The number of hydrogen-bond acceptors (Lipinski definition) is 4. The smallest absolute Gasteiger partial charge is 0.260 e. The van der Waals surface area contributed by atoms with Crippen LogP contribution in [-0.2, 0) is 0 Å². The lowest BCUT2D eigenvalue weighted by Gasteiger charge is -2.04. The summed E-state index contributed by atoms with van der Waals surface area (Å²) in [6.07, 6.45) is -0.990. The lowest BCUT2D eigenvalue weighted by atomic mass is 10.1. The SMILES string of the molecule is OC(c1ccccc1)c1nc(-c2ccc(F)c(Br)c2)no1. The molecular formula is C15H10BrFN2O2. The zero-order chi connectivity index (χ0) is 14.8. The molecule has 3 rings (SSSR count). The topological polar surface area (TPSA) is 59.2 Å². The third-order valence-electron chi connectivity index (χ3n) is 2.97. The largest absolute Gasteiger partial charge is 0.378 e. The average Bonchev–Trinajstić information content (AvgIpc) is 3.00. The molecule has 106 valence electrons. The molecule has 21 heavy (non-hydrogen) atoms. The molecule has 0 aliphatic carbocycles. The zero-order valence-corrected chi connectivity index (χ0v) is 12.3. The Balaban J connectivity index is 1.91. The Morgan fingerprint density at radius 1 is 1.14 bits per heavy atom. The molecule has 1 N–H and O–H groups in total. The highest BCUT2D eigenvalue weighted by Crippen LogP contribution is 2.26. The second-order valence-electron chi connectivity index (χ2n) is 4.40. The van der Waals surface area contributed by atoms with Gasteiger partial charge in [-0.2, -0.15) is 4.98 Å². The third kappa shape index (κ3) is 2.86. The van der Waals surface area contributed by atoms with E-state index in [4.69, 9.17) is 4.52 Å². The third-order valence-corrected chi connectivity index (χ3v) is 3.58.